The molecule has 2 aromatic heterocycles. The van der Waals surface area contributed by atoms with Gasteiger partial charge in [0.1, 0.15) is 5.76 Å². The predicted octanol–water partition coefficient (Wildman–Crippen LogP) is 3.04. The van der Waals surface area contributed by atoms with E-state index in [-0.39, 0.29) is 12.0 Å². The first-order chi connectivity index (χ1) is 9.52. The lowest BCUT2D eigenvalue weighted by molar-refractivity contribution is 0.357. The Morgan fingerprint density at radius 1 is 1.15 bits per heavy atom. The third-order valence-electron chi connectivity index (χ3n) is 3.33. The number of hydrogen-bond donors (Lipinski definition) is 1. The molecule has 0 radical (unpaired) electrons. The highest BCUT2D eigenvalue weighted by Gasteiger charge is 2.19. The second-order valence-corrected chi connectivity index (χ2v) is 5.28. The molecule has 0 fully saturated rings. The second-order valence-electron chi connectivity index (χ2n) is 5.28. The summed E-state index contributed by atoms with van der Waals surface area (Å²) in [7, 11) is 0. The minimum absolute atomic E-state index is 0.183. The second kappa shape index (κ2) is 6.17. The Morgan fingerprint density at radius 2 is 1.90 bits per heavy atom. The predicted molar refractivity (Wildman–Crippen MR) is 74.2 cm³/mol. The average Bonchev–Trinajstić information content (AvgIpc) is 3.00. The van der Waals surface area contributed by atoms with Crippen LogP contribution in [0.15, 0.2) is 9.05 Å². The molecule has 0 aliphatic rings. The van der Waals surface area contributed by atoms with Crippen LogP contribution in [0.2, 0.25) is 0 Å². The van der Waals surface area contributed by atoms with Crippen LogP contribution in [0.4, 0.5) is 0 Å². The first-order valence-electron chi connectivity index (χ1n) is 7.01. The molecular weight excluding hydrogens is 256 g/mol. The molecule has 1 N–H and O–H groups in total. The zero-order valence-corrected chi connectivity index (χ0v) is 12.7. The molecule has 0 aliphatic heterocycles. The van der Waals surface area contributed by atoms with Gasteiger partial charge in [0.2, 0.25) is 5.89 Å². The molecule has 6 nitrogen and oxygen atoms in total. The number of aromatic nitrogens is 3. The molecule has 0 bridgehead atoms. The molecule has 0 unspecified atom stereocenters. The van der Waals surface area contributed by atoms with Crippen LogP contribution in [0.25, 0.3) is 0 Å². The molecule has 0 aliphatic carbocycles. The number of nitrogens with one attached hydrogen (secondary N) is 1. The first kappa shape index (κ1) is 14.7. The molecule has 1 atom stereocenters. The highest BCUT2D eigenvalue weighted by Crippen LogP contribution is 2.24. The number of hydrogen-bond acceptors (Lipinski definition) is 6. The van der Waals surface area contributed by atoms with Gasteiger partial charge in [-0.3, -0.25) is 0 Å². The molecule has 2 heterocycles. The lowest BCUT2D eigenvalue weighted by atomic mass is 10.0. The Kier molecular flexibility index (Phi) is 4.54. The molecule has 2 aromatic rings. The van der Waals surface area contributed by atoms with Gasteiger partial charge in [-0.2, -0.15) is 4.98 Å². The molecule has 0 aromatic carbocycles. The van der Waals surface area contributed by atoms with Crippen molar-refractivity contribution in [2.75, 3.05) is 0 Å². The van der Waals surface area contributed by atoms with Gasteiger partial charge in [0.05, 0.1) is 12.2 Å². The highest BCUT2D eigenvalue weighted by atomic mass is 16.5. The quantitative estimate of drug-likeness (QED) is 0.875. The molecular formula is C14H22N4O2. The van der Waals surface area contributed by atoms with E-state index in [1.165, 1.54) is 0 Å². The maximum atomic E-state index is 5.23. The number of aryl methyl sites for hydroxylation is 2. The van der Waals surface area contributed by atoms with Crippen LogP contribution in [-0.4, -0.2) is 15.3 Å². The molecule has 2 rings (SSSR count). The van der Waals surface area contributed by atoms with Crippen molar-refractivity contribution in [3.8, 4) is 0 Å². The van der Waals surface area contributed by atoms with Crippen molar-refractivity contribution in [1.82, 2.24) is 20.6 Å². The number of rotatable bonds is 6. The van der Waals surface area contributed by atoms with Gasteiger partial charge < -0.3 is 14.4 Å². The SMILES string of the molecule is CC[C@@H](NCc1noc(C(C)C)n1)c1c(C)noc1C. The van der Waals surface area contributed by atoms with Gasteiger partial charge in [0, 0.05) is 17.5 Å². The molecule has 0 spiro atoms. The van der Waals surface area contributed by atoms with E-state index < -0.39 is 0 Å². The van der Waals surface area contributed by atoms with Gasteiger partial charge in [-0.05, 0) is 20.3 Å². The van der Waals surface area contributed by atoms with Crippen LogP contribution in [0, 0.1) is 13.8 Å². The van der Waals surface area contributed by atoms with Crippen LogP contribution < -0.4 is 5.32 Å². The molecule has 0 saturated heterocycles. The summed E-state index contributed by atoms with van der Waals surface area (Å²) in [5.41, 5.74) is 2.05. The van der Waals surface area contributed by atoms with Gasteiger partial charge >= 0.3 is 0 Å². The van der Waals surface area contributed by atoms with Crippen molar-refractivity contribution in [3.05, 3.63) is 28.7 Å². The van der Waals surface area contributed by atoms with Gasteiger partial charge in [-0.15, -0.1) is 0 Å². The smallest absolute Gasteiger partial charge is 0.229 e. The molecule has 0 amide bonds. The normalized spacial score (nSPS) is 13.1. The molecule has 110 valence electrons. The lowest BCUT2D eigenvalue weighted by Crippen LogP contribution is -2.22. The summed E-state index contributed by atoms with van der Waals surface area (Å²) in [5, 5.41) is 11.4. The van der Waals surface area contributed by atoms with Crippen molar-refractivity contribution in [1.29, 1.82) is 0 Å². The van der Waals surface area contributed by atoms with E-state index in [0.29, 0.717) is 18.3 Å². The Hall–Kier alpha value is -1.69. The highest BCUT2D eigenvalue weighted by molar-refractivity contribution is 5.24. The van der Waals surface area contributed by atoms with Gasteiger partial charge in [0.15, 0.2) is 5.82 Å². The summed E-state index contributed by atoms with van der Waals surface area (Å²) < 4.78 is 10.4. The summed E-state index contributed by atoms with van der Waals surface area (Å²) in [5.74, 6) is 2.46. The number of nitrogens with zero attached hydrogens (tertiary/aromatic N) is 3. The van der Waals surface area contributed by atoms with Crippen LogP contribution in [0.1, 0.15) is 67.9 Å². The van der Waals surface area contributed by atoms with E-state index in [2.05, 4.69) is 27.5 Å². The maximum absolute atomic E-state index is 5.23. The first-order valence-corrected chi connectivity index (χ1v) is 7.01. The van der Waals surface area contributed by atoms with E-state index in [1.807, 2.05) is 27.7 Å². The fourth-order valence-corrected chi connectivity index (χ4v) is 2.23. The maximum Gasteiger partial charge on any atom is 0.229 e. The molecule has 6 heteroatoms. The summed E-state index contributed by atoms with van der Waals surface area (Å²) >= 11 is 0. The summed E-state index contributed by atoms with van der Waals surface area (Å²) in [6, 6.07) is 0.183. The van der Waals surface area contributed by atoms with Gasteiger partial charge in [-0.25, -0.2) is 0 Å². The van der Waals surface area contributed by atoms with Crippen LogP contribution in [0.3, 0.4) is 0 Å². The average molecular weight is 278 g/mol. The minimum atomic E-state index is 0.183. The van der Waals surface area contributed by atoms with Crippen molar-refractivity contribution >= 4 is 0 Å². The zero-order valence-electron chi connectivity index (χ0n) is 12.7. The van der Waals surface area contributed by atoms with Crippen LogP contribution in [0.5, 0.6) is 0 Å². The van der Waals surface area contributed by atoms with Crippen molar-refractivity contribution in [2.45, 2.75) is 59.5 Å². The summed E-state index contributed by atoms with van der Waals surface area (Å²) in [6.07, 6.45) is 0.942. The summed E-state index contributed by atoms with van der Waals surface area (Å²) in [4.78, 5) is 4.36. The van der Waals surface area contributed by atoms with Gasteiger partial charge in [0.25, 0.3) is 0 Å². The van der Waals surface area contributed by atoms with Crippen LogP contribution >= 0.6 is 0 Å². The fourth-order valence-electron chi connectivity index (χ4n) is 2.23. The topological polar surface area (TPSA) is 77.0 Å². The Labute approximate surface area is 118 Å². The van der Waals surface area contributed by atoms with Crippen molar-refractivity contribution in [2.24, 2.45) is 0 Å². The Balaban J connectivity index is 2.04. The van der Waals surface area contributed by atoms with Crippen molar-refractivity contribution < 1.29 is 9.05 Å². The minimum Gasteiger partial charge on any atom is -0.361 e. The van der Waals surface area contributed by atoms with E-state index >= 15 is 0 Å². The van der Waals surface area contributed by atoms with E-state index in [0.717, 1.165) is 23.4 Å². The third kappa shape index (κ3) is 3.07. The molecule has 20 heavy (non-hydrogen) atoms. The molecule has 0 saturated carbocycles. The zero-order chi connectivity index (χ0) is 14.7. The Bertz CT molecular complexity index is 540. The largest absolute Gasteiger partial charge is 0.361 e. The summed E-state index contributed by atoms with van der Waals surface area (Å²) in [6.45, 7) is 10.7. The van der Waals surface area contributed by atoms with E-state index in [4.69, 9.17) is 9.05 Å². The monoisotopic (exact) mass is 278 g/mol. The fraction of sp³-hybridized carbons (Fsp3) is 0.643. The van der Waals surface area contributed by atoms with Crippen LogP contribution in [-0.2, 0) is 6.54 Å². The Morgan fingerprint density at radius 3 is 2.40 bits per heavy atom. The lowest BCUT2D eigenvalue weighted by Gasteiger charge is -2.15. The van der Waals surface area contributed by atoms with Gasteiger partial charge in [-0.1, -0.05) is 31.1 Å². The standard InChI is InChI=1S/C14H22N4O2/c1-6-11(13-9(4)17-19-10(13)5)15-7-12-16-14(8(2)3)20-18-12/h8,11,15H,6-7H2,1-5H3/t11-/m1/s1. The van der Waals surface area contributed by atoms with Crippen molar-refractivity contribution in [3.63, 3.8) is 0 Å². The third-order valence-corrected chi connectivity index (χ3v) is 3.33. The van der Waals surface area contributed by atoms with E-state index in [9.17, 15) is 0 Å². The van der Waals surface area contributed by atoms with E-state index in [1.54, 1.807) is 0 Å².